The van der Waals surface area contributed by atoms with Crippen molar-refractivity contribution in [2.75, 3.05) is 24.3 Å². The molecule has 2 fully saturated rings. The van der Waals surface area contributed by atoms with Crippen molar-refractivity contribution in [1.29, 1.82) is 0 Å². The number of aromatic nitrogens is 2. The van der Waals surface area contributed by atoms with E-state index < -0.39 is 0 Å². The SMILES string of the molecule is Cc1cnc(N[C@H]2CC[C@H](NC(=O)[C@@H]3C[C@@H]3c3ccc(Cl)cc3)CC2)nc1N(C)C. The van der Waals surface area contributed by atoms with E-state index in [2.05, 4.69) is 20.6 Å². The van der Waals surface area contributed by atoms with Crippen molar-refractivity contribution in [3.05, 3.63) is 46.6 Å². The average molecular weight is 428 g/mol. The second-order valence-electron chi connectivity index (χ2n) is 8.80. The van der Waals surface area contributed by atoms with E-state index in [0.717, 1.165) is 48.5 Å². The molecule has 0 saturated heterocycles. The van der Waals surface area contributed by atoms with E-state index in [-0.39, 0.29) is 17.9 Å². The number of rotatable bonds is 6. The lowest BCUT2D eigenvalue weighted by Gasteiger charge is -2.30. The molecule has 1 amide bonds. The standard InChI is InChI=1S/C23H30ClN5O/c1-14-13-25-23(28-21(14)29(2)3)27-18-10-8-17(9-11-18)26-22(30)20-12-19(20)15-4-6-16(24)7-5-15/h4-7,13,17-20H,8-12H2,1-3H3,(H,26,30)(H,25,27,28)/t17-,18-,19-,20-/m1/s1. The molecule has 2 N–H and O–H groups in total. The molecule has 1 aromatic carbocycles. The summed E-state index contributed by atoms with van der Waals surface area (Å²) >= 11 is 5.96. The molecule has 2 saturated carbocycles. The molecule has 160 valence electrons. The van der Waals surface area contributed by atoms with E-state index in [1.165, 1.54) is 5.56 Å². The Labute approximate surface area is 183 Å². The first-order chi connectivity index (χ1) is 14.4. The lowest BCUT2D eigenvalue weighted by molar-refractivity contribution is -0.123. The van der Waals surface area contributed by atoms with Gasteiger partial charge in [-0.3, -0.25) is 4.79 Å². The Morgan fingerprint density at radius 2 is 1.77 bits per heavy atom. The second kappa shape index (κ2) is 8.80. The normalized spacial score (nSPS) is 25.5. The van der Waals surface area contributed by atoms with Gasteiger partial charge in [0.2, 0.25) is 11.9 Å². The van der Waals surface area contributed by atoms with Gasteiger partial charge in [-0.15, -0.1) is 0 Å². The highest BCUT2D eigenvalue weighted by molar-refractivity contribution is 6.30. The number of hydrogen-bond donors (Lipinski definition) is 2. The lowest BCUT2D eigenvalue weighted by Crippen LogP contribution is -2.41. The van der Waals surface area contributed by atoms with Crippen LogP contribution in [0.15, 0.2) is 30.5 Å². The van der Waals surface area contributed by atoms with Gasteiger partial charge < -0.3 is 15.5 Å². The van der Waals surface area contributed by atoms with Crippen molar-refractivity contribution in [3.63, 3.8) is 0 Å². The van der Waals surface area contributed by atoms with Gasteiger partial charge in [-0.2, -0.15) is 4.98 Å². The molecular weight excluding hydrogens is 398 g/mol. The Morgan fingerprint density at radius 3 is 2.43 bits per heavy atom. The van der Waals surface area contributed by atoms with Gasteiger partial charge in [0.1, 0.15) is 5.82 Å². The summed E-state index contributed by atoms with van der Waals surface area (Å²) in [5.74, 6) is 2.26. The summed E-state index contributed by atoms with van der Waals surface area (Å²) in [5.41, 5.74) is 2.27. The zero-order chi connectivity index (χ0) is 21.3. The first-order valence-electron chi connectivity index (χ1n) is 10.7. The van der Waals surface area contributed by atoms with Crippen LogP contribution in [-0.4, -0.2) is 42.1 Å². The third kappa shape index (κ3) is 4.86. The van der Waals surface area contributed by atoms with Crippen LogP contribution >= 0.6 is 11.6 Å². The number of anilines is 2. The van der Waals surface area contributed by atoms with E-state index in [0.29, 0.717) is 17.9 Å². The minimum atomic E-state index is 0.104. The Balaban J connectivity index is 1.24. The Bertz CT molecular complexity index is 893. The molecule has 0 radical (unpaired) electrons. The summed E-state index contributed by atoms with van der Waals surface area (Å²) in [4.78, 5) is 23.7. The van der Waals surface area contributed by atoms with Crippen molar-refractivity contribution in [2.45, 2.75) is 57.0 Å². The summed E-state index contributed by atoms with van der Waals surface area (Å²) in [6, 6.07) is 8.48. The van der Waals surface area contributed by atoms with Gasteiger partial charge >= 0.3 is 0 Å². The van der Waals surface area contributed by atoms with Crippen LogP contribution in [0.5, 0.6) is 0 Å². The molecule has 0 unspecified atom stereocenters. The molecule has 6 nitrogen and oxygen atoms in total. The maximum absolute atomic E-state index is 12.7. The molecular formula is C23H30ClN5O. The molecule has 2 aliphatic carbocycles. The highest BCUT2D eigenvalue weighted by atomic mass is 35.5. The lowest BCUT2D eigenvalue weighted by atomic mass is 9.91. The van der Waals surface area contributed by atoms with Gasteiger partial charge in [-0.05, 0) is 62.6 Å². The summed E-state index contributed by atoms with van der Waals surface area (Å²) in [6.07, 6.45) is 6.77. The van der Waals surface area contributed by atoms with Gasteiger partial charge in [0.15, 0.2) is 0 Å². The number of aryl methyl sites for hydroxylation is 1. The van der Waals surface area contributed by atoms with Crippen molar-refractivity contribution in [3.8, 4) is 0 Å². The molecule has 2 aliphatic rings. The number of carbonyl (C=O) groups is 1. The van der Waals surface area contributed by atoms with E-state index >= 15 is 0 Å². The van der Waals surface area contributed by atoms with E-state index in [1.54, 1.807) is 0 Å². The molecule has 1 aromatic heterocycles. The van der Waals surface area contributed by atoms with Crippen LogP contribution in [0, 0.1) is 12.8 Å². The van der Waals surface area contributed by atoms with Crippen LogP contribution in [0.25, 0.3) is 0 Å². The molecule has 2 aromatic rings. The topological polar surface area (TPSA) is 70.1 Å². The summed E-state index contributed by atoms with van der Waals surface area (Å²) in [5, 5.41) is 7.49. The molecule has 0 bridgehead atoms. The number of benzene rings is 1. The quantitative estimate of drug-likeness (QED) is 0.724. The minimum Gasteiger partial charge on any atom is -0.362 e. The molecule has 2 atom stereocenters. The molecule has 4 rings (SSSR count). The van der Waals surface area contributed by atoms with Gasteiger partial charge in [0.05, 0.1) is 0 Å². The maximum Gasteiger partial charge on any atom is 0.224 e. The fraction of sp³-hybridized carbons (Fsp3) is 0.522. The number of nitrogens with zero attached hydrogens (tertiary/aromatic N) is 3. The van der Waals surface area contributed by atoms with E-state index in [1.807, 2.05) is 56.4 Å². The summed E-state index contributed by atoms with van der Waals surface area (Å²) in [7, 11) is 3.98. The average Bonchev–Trinajstić information content (AvgIpc) is 3.52. The van der Waals surface area contributed by atoms with Gasteiger partial charge in [0.25, 0.3) is 0 Å². The zero-order valence-electron chi connectivity index (χ0n) is 17.9. The van der Waals surface area contributed by atoms with Crippen molar-refractivity contribution in [2.24, 2.45) is 5.92 Å². The van der Waals surface area contributed by atoms with Crippen LogP contribution in [0.2, 0.25) is 5.02 Å². The van der Waals surface area contributed by atoms with E-state index in [4.69, 9.17) is 11.6 Å². The monoisotopic (exact) mass is 427 g/mol. The number of hydrogen-bond acceptors (Lipinski definition) is 5. The Morgan fingerprint density at radius 1 is 1.10 bits per heavy atom. The van der Waals surface area contributed by atoms with Gasteiger partial charge in [0, 0.05) is 48.9 Å². The fourth-order valence-corrected chi connectivity index (χ4v) is 4.52. The fourth-order valence-electron chi connectivity index (χ4n) is 4.39. The predicted molar refractivity (Wildman–Crippen MR) is 121 cm³/mol. The number of halogens is 1. The molecule has 7 heteroatoms. The van der Waals surface area contributed by atoms with Crippen LogP contribution in [-0.2, 0) is 4.79 Å². The van der Waals surface area contributed by atoms with Crippen LogP contribution in [0.3, 0.4) is 0 Å². The highest BCUT2D eigenvalue weighted by Gasteiger charge is 2.44. The van der Waals surface area contributed by atoms with Crippen molar-refractivity contribution < 1.29 is 4.79 Å². The van der Waals surface area contributed by atoms with Crippen molar-refractivity contribution >= 4 is 29.3 Å². The molecule has 0 aliphatic heterocycles. The minimum absolute atomic E-state index is 0.104. The van der Waals surface area contributed by atoms with Gasteiger partial charge in [-0.25, -0.2) is 4.98 Å². The molecule has 30 heavy (non-hydrogen) atoms. The van der Waals surface area contributed by atoms with Crippen LogP contribution in [0.4, 0.5) is 11.8 Å². The third-order valence-corrected chi connectivity index (χ3v) is 6.45. The van der Waals surface area contributed by atoms with Crippen LogP contribution < -0.4 is 15.5 Å². The second-order valence-corrected chi connectivity index (χ2v) is 9.23. The summed E-state index contributed by atoms with van der Waals surface area (Å²) in [6.45, 7) is 2.02. The maximum atomic E-state index is 12.7. The van der Waals surface area contributed by atoms with Gasteiger partial charge in [-0.1, -0.05) is 23.7 Å². The Kier molecular flexibility index (Phi) is 6.14. The predicted octanol–water partition coefficient (Wildman–Crippen LogP) is 4.15. The van der Waals surface area contributed by atoms with Crippen molar-refractivity contribution in [1.82, 2.24) is 15.3 Å². The summed E-state index contributed by atoms with van der Waals surface area (Å²) < 4.78 is 0. The third-order valence-electron chi connectivity index (χ3n) is 6.20. The smallest absolute Gasteiger partial charge is 0.224 e. The number of amides is 1. The largest absolute Gasteiger partial charge is 0.362 e. The first kappa shape index (κ1) is 20.9. The zero-order valence-corrected chi connectivity index (χ0v) is 18.6. The number of nitrogens with one attached hydrogen (secondary N) is 2. The number of carbonyl (C=O) groups excluding carboxylic acids is 1. The Hall–Kier alpha value is -2.34. The van der Waals surface area contributed by atoms with Crippen LogP contribution in [0.1, 0.15) is 49.1 Å². The molecule has 1 heterocycles. The highest BCUT2D eigenvalue weighted by Crippen LogP contribution is 2.47. The first-order valence-corrected chi connectivity index (χ1v) is 11.1. The molecule has 0 spiro atoms. The van der Waals surface area contributed by atoms with E-state index in [9.17, 15) is 4.79 Å².